The second-order valence-electron chi connectivity index (χ2n) is 11.2. The maximum Gasteiger partial charge on any atom is 0.279 e. The molecular formula is C26H36FIN2O4Si2. The van der Waals surface area contributed by atoms with E-state index in [1.54, 1.807) is 30.3 Å². The second-order valence-corrected chi connectivity index (χ2v) is 23.7. The molecule has 0 aliphatic heterocycles. The summed E-state index contributed by atoms with van der Waals surface area (Å²) in [5.41, 5.74) is 0.823. The quantitative estimate of drug-likeness (QED) is 0.0941. The first kappa shape index (κ1) is 29.0. The average Bonchev–Trinajstić information content (AvgIpc) is 2.78. The average molecular weight is 643 g/mol. The maximum absolute atomic E-state index is 15.1. The Morgan fingerprint density at radius 1 is 0.944 bits per heavy atom. The van der Waals surface area contributed by atoms with Gasteiger partial charge in [0, 0.05) is 38.5 Å². The lowest BCUT2D eigenvalue weighted by atomic mass is 10.1. The summed E-state index contributed by atoms with van der Waals surface area (Å²) in [6.07, 6.45) is 0. The van der Waals surface area contributed by atoms with Crippen molar-refractivity contribution in [3.63, 3.8) is 0 Å². The fourth-order valence-corrected chi connectivity index (χ4v) is 5.43. The monoisotopic (exact) mass is 642 g/mol. The molecule has 0 radical (unpaired) electrons. The van der Waals surface area contributed by atoms with Gasteiger partial charge < -0.3 is 14.2 Å². The van der Waals surface area contributed by atoms with Crippen molar-refractivity contribution in [2.45, 2.75) is 58.1 Å². The fourth-order valence-electron chi connectivity index (χ4n) is 3.42. The topological polar surface area (TPSA) is 62.6 Å². The van der Waals surface area contributed by atoms with E-state index in [1.165, 1.54) is 4.57 Å². The zero-order valence-electron chi connectivity index (χ0n) is 22.0. The molecule has 0 bridgehead atoms. The Bertz CT molecular complexity index is 1260. The van der Waals surface area contributed by atoms with Crippen LogP contribution >= 0.6 is 22.6 Å². The molecule has 36 heavy (non-hydrogen) atoms. The van der Waals surface area contributed by atoms with Crippen LogP contribution in [0.3, 0.4) is 0 Å². The molecule has 3 rings (SSSR count). The number of halogens is 2. The molecule has 0 atom stereocenters. The highest BCUT2D eigenvalue weighted by atomic mass is 127. The number of ether oxygens (including phenoxy) is 3. The molecule has 6 nitrogen and oxygen atoms in total. The summed E-state index contributed by atoms with van der Waals surface area (Å²) in [4.78, 5) is 18.2. The van der Waals surface area contributed by atoms with Gasteiger partial charge in [0.15, 0.2) is 6.79 Å². The van der Waals surface area contributed by atoms with Crippen LogP contribution in [0.2, 0.25) is 51.4 Å². The van der Waals surface area contributed by atoms with E-state index >= 15 is 4.39 Å². The van der Waals surface area contributed by atoms with Crippen molar-refractivity contribution in [2.75, 3.05) is 20.0 Å². The number of aromatic nitrogens is 2. The predicted molar refractivity (Wildman–Crippen MR) is 158 cm³/mol. The van der Waals surface area contributed by atoms with Crippen LogP contribution in [0.25, 0.3) is 22.3 Å². The van der Waals surface area contributed by atoms with E-state index in [0.717, 1.165) is 12.1 Å². The van der Waals surface area contributed by atoms with E-state index in [0.29, 0.717) is 33.6 Å². The SMILES string of the molecule is C[Si](C)(C)CCOCOc1cccc2c1nc(-c1cccc(I)c1F)c(=O)n2COCC[Si](C)(C)C. The molecule has 0 unspecified atom stereocenters. The van der Waals surface area contributed by atoms with E-state index < -0.39 is 27.5 Å². The zero-order valence-corrected chi connectivity index (χ0v) is 26.1. The Hall–Kier alpha value is -1.61. The zero-order chi connectivity index (χ0) is 26.5. The minimum atomic E-state index is -1.29. The normalized spacial score (nSPS) is 12.3. The van der Waals surface area contributed by atoms with Crippen molar-refractivity contribution in [2.24, 2.45) is 0 Å². The summed E-state index contributed by atoms with van der Waals surface area (Å²) >= 11 is 1.92. The van der Waals surface area contributed by atoms with Gasteiger partial charge in [0.1, 0.15) is 29.5 Å². The standard InChI is InChI=1S/C26H36FIN2O4Si2/c1-35(2,3)15-13-32-17-30-21-11-8-12-22(34-18-33-14-16-36(4,5)6)25(21)29-24(26(30)31)19-9-7-10-20(28)23(19)27/h7-12H,13-18H2,1-6H3. The van der Waals surface area contributed by atoms with Crippen molar-refractivity contribution in [1.29, 1.82) is 0 Å². The van der Waals surface area contributed by atoms with Gasteiger partial charge in [0.25, 0.3) is 5.56 Å². The van der Waals surface area contributed by atoms with E-state index in [-0.39, 0.29) is 24.8 Å². The summed E-state index contributed by atoms with van der Waals surface area (Å²) in [7, 11) is -2.50. The lowest BCUT2D eigenvalue weighted by molar-refractivity contribution is 0.0228. The predicted octanol–water partition coefficient (Wildman–Crippen LogP) is 6.81. The molecule has 0 aliphatic carbocycles. The molecule has 0 spiro atoms. The Labute approximate surface area is 228 Å². The Kier molecular flexibility index (Phi) is 9.89. The highest BCUT2D eigenvalue weighted by Gasteiger charge is 2.20. The van der Waals surface area contributed by atoms with Crippen LogP contribution in [0.15, 0.2) is 41.2 Å². The first-order chi connectivity index (χ1) is 16.9. The van der Waals surface area contributed by atoms with Gasteiger partial charge in [-0.3, -0.25) is 9.36 Å². The molecule has 1 heterocycles. The summed E-state index contributed by atoms with van der Waals surface area (Å²) in [5.74, 6) is 0.00460. The van der Waals surface area contributed by atoms with Crippen molar-refractivity contribution in [3.8, 4) is 17.0 Å². The first-order valence-corrected chi connectivity index (χ1v) is 20.6. The number of fused-ring (bicyclic) bond motifs is 1. The van der Waals surface area contributed by atoms with Crippen molar-refractivity contribution in [1.82, 2.24) is 9.55 Å². The largest absolute Gasteiger partial charge is 0.465 e. The molecule has 2 aromatic carbocycles. The third-order valence-corrected chi connectivity index (χ3v) is 9.90. The first-order valence-electron chi connectivity index (χ1n) is 12.1. The molecule has 1 aromatic heterocycles. The molecule has 0 saturated heterocycles. The Balaban J connectivity index is 1.99. The minimum Gasteiger partial charge on any atom is -0.465 e. The van der Waals surface area contributed by atoms with E-state index in [2.05, 4.69) is 44.3 Å². The third kappa shape index (κ3) is 7.94. The number of rotatable bonds is 12. The second kappa shape index (κ2) is 12.3. The van der Waals surface area contributed by atoms with Gasteiger partial charge in [-0.25, -0.2) is 9.37 Å². The highest BCUT2D eigenvalue weighted by Crippen LogP contribution is 2.28. The molecule has 0 aliphatic rings. The summed E-state index contributed by atoms with van der Waals surface area (Å²) < 4.78 is 34.6. The van der Waals surface area contributed by atoms with E-state index in [1.807, 2.05) is 28.7 Å². The van der Waals surface area contributed by atoms with Gasteiger partial charge in [-0.2, -0.15) is 0 Å². The smallest absolute Gasteiger partial charge is 0.279 e. The molecule has 0 saturated carbocycles. The molecule has 10 heteroatoms. The number of para-hydroxylation sites is 1. The van der Waals surface area contributed by atoms with Crippen LogP contribution in [0, 0.1) is 9.39 Å². The van der Waals surface area contributed by atoms with Gasteiger partial charge in [0.2, 0.25) is 0 Å². The van der Waals surface area contributed by atoms with Crippen LogP contribution in [0.4, 0.5) is 4.39 Å². The van der Waals surface area contributed by atoms with Crippen molar-refractivity contribution < 1.29 is 18.6 Å². The molecular weight excluding hydrogens is 606 g/mol. The molecule has 196 valence electrons. The van der Waals surface area contributed by atoms with Gasteiger partial charge >= 0.3 is 0 Å². The lowest BCUT2D eigenvalue weighted by Crippen LogP contribution is -2.27. The number of hydrogen-bond acceptors (Lipinski definition) is 5. The number of nitrogens with zero attached hydrogens (tertiary/aromatic N) is 2. The van der Waals surface area contributed by atoms with Crippen LogP contribution in [-0.2, 0) is 16.2 Å². The highest BCUT2D eigenvalue weighted by molar-refractivity contribution is 14.1. The fraction of sp³-hybridized carbons (Fsp3) is 0.462. The lowest BCUT2D eigenvalue weighted by Gasteiger charge is -2.18. The van der Waals surface area contributed by atoms with E-state index in [4.69, 9.17) is 14.2 Å². The maximum atomic E-state index is 15.1. The van der Waals surface area contributed by atoms with Gasteiger partial charge in [0.05, 0.1) is 5.52 Å². The van der Waals surface area contributed by atoms with Gasteiger partial charge in [-0.1, -0.05) is 51.4 Å². The van der Waals surface area contributed by atoms with Crippen LogP contribution < -0.4 is 10.3 Å². The van der Waals surface area contributed by atoms with Gasteiger partial charge in [-0.05, 0) is 58.9 Å². The summed E-state index contributed by atoms with van der Waals surface area (Å²) in [5, 5.41) is 0. The molecule has 3 aromatic rings. The minimum absolute atomic E-state index is 0.0306. The van der Waals surface area contributed by atoms with Crippen molar-refractivity contribution in [3.05, 3.63) is 56.1 Å². The summed E-state index contributed by atoms with van der Waals surface area (Å²) in [6, 6.07) is 12.4. The molecule has 0 N–H and O–H groups in total. The number of benzene rings is 2. The van der Waals surface area contributed by atoms with Gasteiger partial charge in [-0.15, -0.1) is 0 Å². The van der Waals surface area contributed by atoms with Crippen molar-refractivity contribution >= 4 is 49.8 Å². The Morgan fingerprint density at radius 3 is 2.25 bits per heavy atom. The van der Waals surface area contributed by atoms with E-state index in [9.17, 15) is 4.79 Å². The summed E-state index contributed by atoms with van der Waals surface area (Å²) in [6.45, 7) is 15.0. The Morgan fingerprint density at radius 2 is 1.58 bits per heavy atom. The van der Waals surface area contributed by atoms with Crippen LogP contribution in [0.1, 0.15) is 0 Å². The third-order valence-electron chi connectivity index (χ3n) is 5.66. The van der Waals surface area contributed by atoms with Crippen LogP contribution in [-0.4, -0.2) is 45.7 Å². The molecule has 0 amide bonds. The molecule has 0 fully saturated rings. The number of hydrogen-bond donors (Lipinski definition) is 0. The van der Waals surface area contributed by atoms with Crippen LogP contribution in [0.5, 0.6) is 5.75 Å².